The number of thiazole rings is 1. The van der Waals surface area contributed by atoms with Gasteiger partial charge in [0.05, 0.1) is 20.1 Å². The molecule has 0 aliphatic heterocycles. The molecule has 0 bridgehead atoms. The fourth-order valence-electron chi connectivity index (χ4n) is 2.36. The van der Waals surface area contributed by atoms with E-state index in [1.165, 1.54) is 11.3 Å². The number of esters is 1. The van der Waals surface area contributed by atoms with Crippen molar-refractivity contribution in [1.29, 1.82) is 0 Å². The van der Waals surface area contributed by atoms with Crippen molar-refractivity contribution in [3.05, 3.63) is 40.3 Å². The maximum absolute atomic E-state index is 12.2. The molecular formula is C20H25N3O6S. The van der Waals surface area contributed by atoms with E-state index in [4.69, 9.17) is 14.2 Å². The normalized spacial score (nSPS) is 10.2. The van der Waals surface area contributed by atoms with Crippen molar-refractivity contribution in [1.82, 2.24) is 15.6 Å². The van der Waals surface area contributed by atoms with Crippen LogP contribution in [0.1, 0.15) is 35.3 Å². The van der Waals surface area contributed by atoms with E-state index in [-0.39, 0.29) is 56.7 Å². The number of amides is 2. The van der Waals surface area contributed by atoms with Crippen molar-refractivity contribution in [3.8, 4) is 11.5 Å². The molecule has 0 saturated carbocycles. The number of nitrogens with zero attached hydrogens (tertiary/aromatic N) is 1. The Morgan fingerprint density at radius 3 is 2.53 bits per heavy atom. The van der Waals surface area contributed by atoms with Gasteiger partial charge in [-0.05, 0) is 19.1 Å². The van der Waals surface area contributed by atoms with Gasteiger partial charge in [0.2, 0.25) is 5.91 Å². The summed E-state index contributed by atoms with van der Waals surface area (Å²) in [6.45, 7) is 2.71. The van der Waals surface area contributed by atoms with Crippen LogP contribution in [0.2, 0.25) is 0 Å². The van der Waals surface area contributed by atoms with Gasteiger partial charge in [0.1, 0.15) is 17.3 Å². The van der Waals surface area contributed by atoms with E-state index in [0.29, 0.717) is 16.5 Å². The summed E-state index contributed by atoms with van der Waals surface area (Å²) in [4.78, 5) is 39.3. The second kappa shape index (κ2) is 12.4. The van der Waals surface area contributed by atoms with Crippen LogP contribution in [0.3, 0.4) is 0 Å². The molecule has 0 aliphatic carbocycles. The summed E-state index contributed by atoms with van der Waals surface area (Å²) < 4.78 is 15.7. The highest BCUT2D eigenvalue weighted by atomic mass is 32.1. The van der Waals surface area contributed by atoms with Crippen LogP contribution in [-0.4, -0.2) is 49.6 Å². The lowest BCUT2D eigenvalue weighted by Gasteiger charge is -2.08. The van der Waals surface area contributed by atoms with Crippen LogP contribution in [0.4, 0.5) is 0 Å². The second-order valence-corrected chi connectivity index (χ2v) is 6.92. The average Bonchev–Trinajstić information content (AvgIpc) is 3.23. The number of nitrogens with one attached hydrogen (secondary N) is 2. The molecule has 2 aromatic rings. The Labute approximate surface area is 178 Å². The third-order valence-corrected chi connectivity index (χ3v) is 4.62. The summed E-state index contributed by atoms with van der Waals surface area (Å²) in [5.41, 5.74) is 0.285. The minimum absolute atomic E-state index is 0.0323. The molecule has 9 nitrogen and oxygen atoms in total. The first kappa shape index (κ1) is 23.1. The van der Waals surface area contributed by atoms with Crippen LogP contribution in [0.5, 0.6) is 11.5 Å². The highest BCUT2D eigenvalue weighted by Crippen LogP contribution is 2.27. The molecule has 0 unspecified atom stereocenters. The van der Waals surface area contributed by atoms with E-state index in [2.05, 4.69) is 15.6 Å². The van der Waals surface area contributed by atoms with Gasteiger partial charge in [0, 0.05) is 24.9 Å². The molecule has 2 N–H and O–H groups in total. The fourth-order valence-corrected chi connectivity index (χ4v) is 3.05. The SMILES string of the molecule is CCOC(=O)CCC(=O)NCCNC(=O)c1csc(COc2ccccc2OC)n1. The molecule has 0 atom stereocenters. The van der Waals surface area contributed by atoms with Gasteiger partial charge in [-0.1, -0.05) is 12.1 Å². The Morgan fingerprint density at radius 1 is 1.07 bits per heavy atom. The molecule has 30 heavy (non-hydrogen) atoms. The predicted octanol–water partition coefficient (Wildman–Crippen LogP) is 1.92. The number of ether oxygens (including phenoxy) is 3. The average molecular weight is 436 g/mol. The smallest absolute Gasteiger partial charge is 0.306 e. The third kappa shape index (κ3) is 7.70. The van der Waals surface area contributed by atoms with Crippen molar-refractivity contribution in [2.75, 3.05) is 26.8 Å². The summed E-state index contributed by atoms with van der Waals surface area (Å²) in [6.07, 6.45) is 0.0823. The number of aromatic nitrogens is 1. The van der Waals surface area contributed by atoms with Gasteiger partial charge in [-0.25, -0.2) is 4.98 Å². The molecule has 0 aliphatic rings. The molecule has 1 heterocycles. The predicted molar refractivity (Wildman–Crippen MR) is 111 cm³/mol. The monoisotopic (exact) mass is 435 g/mol. The van der Waals surface area contributed by atoms with Gasteiger partial charge >= 0.3 is 5.97 Å². The van der Waals surface area contributed by atoms with E-state index in [0.717, 1.165) is 0 Å². The Morgan fingerprint density at radius 2 is 1.80 bits per heavy atom. The highest BCUT2D eigenvalue weighted by molar-refractivity contribution is 7.09. The van der Waals surface area contributed by atoms with E-state index >= 15 is 0 Å². The van der Waals surface area contributed by atoms with E-state index in [9.17, 15) is 14.4 Å². The van der Waals surface area contributed by atoms with Gasteiger partial charge in [0.15, 0.2) is 11.5 Å². The van der Waals surface area contributed by atoms with Crippen LogP contribution >= 0.6 is 11.3 Å². The van der Waals surface area contributed by atoms with Crippen LogP contribution < -0.4 is 20.1 Å². The van der Waals surface area contributed by atoms with Crippen LogP contribution in [-0.2, 0) is 20.9 Å². The molecular weight excluding hydrogens is 410 g/mol. The minimum atomic E-state index is -0.407. The number of para-hydroxylation sites is 2. The van der Waals surface area contributed by atoms with Crippen molar-refractivity contribution < 1.29 is 28.6 Å². The van der Waals surface area contributed by atoms with E-state index in [1.807, 2.05) is 12.1 Å². The Hall–Kier alpha value is -3.14. The van der Waals surface area contributed by atoms with Gasteiger partial charge in [-0.15, -0.1) is 11.3 Å². The van der Waals surface area contributed by atoms with Gasteiger partial charge in [-0.2, -0.15) is 0 Å². The first-order chi connectivity index (χ1) is 14.5. The standard InChI is InChI=1S/C20H25N3O6S/c1-3-28-19(25)9-8-17(24)21-10-11-22-20(26)14-13-30-18(23-14)12-29-16-7-5-4-6-15(16)27-2/h4-7,13H,3,8-12H2,1-2H3,(H,21,24)(H,22,26). The Kier molecular flexibility index (Phi) is 9.59. The zero-order valence-electron chi connectivity index (χ0n) is 16.9. The molecule has 162 valence electrons. The van der Waals surface area contributed by atoms with Gasteiger partial charge < -0.3 is 24.8 Å². The van der Waals surface area contributed by atoms with Crippen molar-refractivity contribution >= 4 is 29.1 Å². The molecule has 0 radical (unpaired) electrons. The second-order valence-electron chi connectivity index (χ2n) is 5.98. The minimum Gasteiger partial charge on any atom is -0.493 e. The molecule has 2 rings (SSSR count). The number of carbonyl (C=O) groups is 3. The van der Waals surface area contributed by atoms with E-state index in [1.54, 1.807) is 31.5 Å². The number of hydrogen-bond acceptors (Lipinski definition) is 8. The highest BCUT2D eigenvalue weighted by Gasteiger charge is 2.12. The lowest BCUT2D eigenvalue weighted by atomic mass is 10.3. The number of hydrogen-bond donors (Lipinski definition) is 2. The van der Waals surface area contributed by atoms with Crippen LogP contribution in [0, 0.1) is 0 Å². The summed E-state index contributed by atoms with van der Waals surface area (Å²) >= 11 is 1.32. The molecule has 0 saturated heterocycles. The number of benzene rings is 1. The number of rotatable bonds is 12. The zero-order chi connectivity index (χ0) is 21.8. The lowest BCUT2D eigenvalue weighted by molar-refractivity contribution is -0.144. The van der Waals surface area contributed by atoms with E-state index < -0.39 is 5.97 Å². The van der Waals surface area contributed by atoms with Gasteiger partial charge in [0.25, 0.3) is 5.91 Å². The molecule has 2 amide bonds. The quantitative estimate of drug-likeness (QED) is 0.386. The first-order valence-corrected chi connectivity index (χ1v) is 10.3. The number of methoxy groups -OCH3 is 1. The summed E-state index contributed by atoms with van der Waals surface area (Å²) in [6, 6.07) is 7.28. The summed E-state index contributed by atoms with van der Waals surface area (Å²) in [7, 11) is 1.57. The Balaban J connectivity index is 1.68. The molecule has 0 spiro atoms. The number of carbonyl (C=O) groups excluding carboxylic acids is 3. The van der Waals surface area contributed by atoms with Crippen LogP contribution in [0.15, 0.2) is 29.6 Å². The zero-order valence-corrected chi connectivity index (χ0v) is 17.8. The first-order valence-electron chi connectivity index (χ1n) is 9.44. The molecule has 10 heteroatoms. The largest absolute Gasteiger partial charge is 0.493 e. The third-order valence-electron chi connectivity index (χ3n) is 3.80. The molecule has 0 fully saturated rings. The maximum Gasteiger partial charge on any atom is 0.306 e. The van der Waals surface area contributed by atoms with Crippen LogP contribution in [0.25, 0.3) is 0 Å². The molecule has 1 aromatic carbocycles. The molecule has 1 aromatic heterocycles. The topological polar surface area (TPSA) is 116 Å². The van der Waals surface area contributed by atoms with Crippen molar-refractivity contribution in [2.24, 2.45) is 0 Å². The maximum atomic E-state index is 12.2. The summed E-state index contributed by atoms with van der Waals surface area (Å²) in [5, 5.41) is 7.61. The fraction of sp³-hybridized carbons (Fsp3) is 0.400. The van der Waals surface area contributed by atoms with Crippen molar-refractivity contribution in [2.45, 2.75) is 26.4 Å². The Bertz CT molecular complexity index is 855. The lowest BCUT2D eigenvalue weighted by Crippen LogP contribution is -2.35. The summed E-state index contributed by atoms with van der Waals surface area (Å²) in [5.74, 6) is 0.198. The van der Waals surface area contributed by atoms with Crippen molar-refractivity contribution in [3.63, 3.8) is 0 Å². The van der Waals surface area contributed by atoms with Gasteiger partial charge in [-0.3, -0.25) is 14.4 Å².